The van der Waals surface area contributed by atoms with Crippen molar-refractivity contribution < 1.29 is 19.1 Å². The van der Waals surface area contributed by atoms with Gasteiger partial charge in [-0.1, -0.05) is 32.9 Å². The molecule has 0 saturated heterocycles. The van der Waals surface area contributed by atoms with E-state index in [1.165, 1.54) is 0 Å². The van der Waals surface area contributed by atoms with Crippen LogP contribution in [0.4, 0.5) is 0 Å². The average molecular weight is 371 g/mol. The number of ether oxygens (including phenoxy) is 2. The van der Waals surface area contributed by atoms with E-state index in [0.29, 0.717) is 52.2 Å². The van der Waals surface area contributed by atoms with Gasteiger partial charge in [0.2, 0.25) is 11.8 Å². The number of amides is 2. The van der Waals surface area contributed by atoms with Gasteiger partial charge in [-0.25, -0.2) is 0 Å². The monoisotopic (exact) mass is 370 g/mol. The van der Waals surface area contributed by atoms with Crippen LogP contribution in [-0.4, -0.2) is 50.3 Å². The van der Waals surface area contributed by atoms with E-state index in [9.17, 15) is 9.59 Å². The third-order valence-electron chi connectivity index (χ3n) is 3.17. The van der Waals surface area contributed by atoms with E-state index in [2.05, 4.69) is 37.5 Å². The second kappa shape index (κ2) is 12.9. The van der Waals surface area contributed by atoms with Gasteiger partial charge in [-0.15, -0.1) is 0 Å². The van der Waals surface area contributed by atoms with E-state index < -0.39 is 0 Å². The van der Waals surface area contributed by atoms with Crippen LogP contribution >= 0.6 is 0 Å². The maximum absolute atomic E-state index is 11.7. The molecule has 0 fully saturated rings. The van der Waals surface area contributed by atoms with Crippen LogP contribution in [0.5, 0.6) is 0 Å². The highest BCUT2D eigenvalue weighted by molar-refractivity contribution is 5.78. The first-order valence-electron chi connectivity index (χ1n) is 9.42. The molecule has 0 aliphatic heterocycles. The Hall–Kier alpha value is -1.40. The van der Waals surface area contributed by atoms with Crippen LogP contribution in [0.3, 0.4) is 0 Å². The topological polar surface area (TPSA) is 76.7 Å². The van der Waals surface area contributed by atoms with E-state index in [1.807, 2.05) is 26.8 Å². The van der Waals surface area contributed by atoms with E-state index in [0.717, 1.165) is 0 Å². The highest BCUT2D eigenvalue weighted by Crippen LogP contribution is 2.13. The van der Waals surface area contributed by atoms with E-state index >= 15 is 0 Å². The molecule has 0 aromatic heterocycles. The van der Waals surface area contributed by atoms with Crippen molar-refractivity contribution in [2.45, 2.75) is 66.4 Å². The lowest BCUT2D eigenvalue weighted by Crippen LogP contribution is -2.28. The number of allylic oxidation sites excluding steroid dienone is 1. The van der Waals surface area contributed by atoms with Crippen LogP contribution in [-0.2, 0) is 19.1 Å². The number of nitrogens with one attached hydrogen (secondary N) is 2. The summed E-state index contributed by atoms with van der Waals surface area (Å²) >= 11 is 0. The summed E-state index contributed by atoms with van der Waals surface area (Å²) < 4.78 is 10.9. The van der Waals surface area contributed by atoms with E-state index in [1.54, 1.807) is 0 Å². The summed E-state index contributed by atoms with van der Waals surface area (Å²) in [6, 6.07) is 0. The maximum Gasteiger partial charge on any atom is 0.220 e. The molecule has 6 heteroatoms. The Kier molecular flexibility index (Phi) is 12.2. The lowest BCUT2D eigenvalue weighted by molar-refractivity contribution is -0.122. The Morgan fingerprint density at radius 3 is 2.08 bits per heavy atom. The lowest BCUT2D eigenvalue weighted by atomic mass is 9.96. The van der Waals surface area contributed by atoms with Crippen molar-refractivity contribution in [2.75, 3.05) is 32.9 Å². The number of hydrogen-bond acceptors (Lipinski definition) is 4. The van der Waals surface area contributed by atoms with Crippen LogP contribution in [0.1, 0.15) is 60.8 Å². The molecular weight excluding hydrogens is 332 g/mol. The van der Waals surface area contributed by atoms with Crippen molar-refractivity contribution in [1.82, 2.24) is 10.6 Å². The van der Waals surface area contributed by atoms with Crippen LogP contribution in [0.2, 0.25) is 0 Å². The SMILES string of the molecule is CC(C)(C)C=CCNC(=O)CCCC(=O)NCCOCCOC(C)(C)C. The van der Waals surface area contributed by atoms with Gasteiger partial charge < -0.3 is 20.1 Å². The first-order valence-corrected chi connectivity index (χ1v) is 9.42. The van der Waals surface area contributed by atoms with Gasteiger partial charge in [-0.2, -0.15) is 0 Å². The minimum atomic E-state index is -0.160. The predicted octanol–water partition coefficient (Wildman–Crippen LogP) is 2.82. The molecule has 152 valence electrons. The van der Waals surface area contributed by atoms with Gasteiger partial charge in [0.25, 0.3) is 0 Å². The average Bonchev–Trinajstić information content (AvgIpc) is 2.48. The molecule has 6 nitrogen and oxygen atoms in total. The largest absolute Gasteiger partial charge is 0.377 e. The van der Waals surface area contributed by atoms with Gasteiger partial charge in [0.05, 0.1) is 25.4 Å². The normalized spacial score (nSPS) is 12.4. The van der Waals surface area contributed by atoms with Gasteiger partial charge in [0.15, 0.2) is 0 Å². The molecule has 0 aliphatic carbocycles. The molecule has 26 heavy (non-hydrogen) atoms. The van der Waals surface area contributed by atoms with Gasteiger partial charge in [-0.05, 0) is 32.6 Å². The molecule has 0 aromatic rings. The van der Waals surface area contributed by atoms with Gasteiger partial charge in [0, 0.05) is 25.9 Å². The Bertz CT molecular complexity index is 434. The molecule has 0 rings (SSSR count). The molecule has 0 aromatic carbocycles. The molecule has 0 bridgehead atoms. The van der Waals surface area contributed by atoms with Crippen molar-refractivity contribution in [3.8, 4) is 0 Å². The second-order valence-corrected chi connectivity index (χ2v) is 8.35. The highest BCUT2D eigenvalue weighted by Gasteiger charge is 2.09. The fourth-order valence-corrected chi connectivity index (χ4v) is 1.94. The Morgan fingerprint density at radius 1 is 0.885 bits per heavy atom. The fourth-order valence-electron chi connectivity index (χ4n) is 1.94. The van der Waals surface area contributed by atoms with Crippen molar-refractivity contribution in [1.29, 1.82) is 0 Å². The van der Waals surface area contributed by atoms with E-state index in [-0.39, 0.29) is 22.8 Å². The fraction of sp³-hybridized carbons (Fsp3) is 0.800. The minimum Gasteiger partial charge on any atom is -0.377 e. The van der Waals surface area contributed by atoms with Crippen molar-refractivity contribution in [3.05, 3.63) is 12.2 Å². The molecule has 2 amide bonds. The predicted molar refractivity (Wildman–Crippen MR) is 105 cm³/mol. The van der Waals surface area contributed by atoms with Crippen molar-refractivity contribution >= 4 is 11.8 Å². The van der Waals surface area contributed by atoms with Gasteiger partial charge in [0.1, 0.15) is 0 Å². The number of carbonyl (C=O) groups excluding carboxylic acids is 2. The standard InChI is InChI=1S/C20H38N2O4/c1-19(2,3)11-8-12-21-17(23)9-7-10-18(24)22-13-14-25-15-16-26-20(4,5)6/h8,11H,7,9-10,12-16H2,1-6H3,(H,21,23)(H,22,24). The van der Waals surface area contributed by atoms with E-state index in [4.69, 9.17) is 9.47 Å². The van der Waals surface area contributed by atoms with Gasteiger partial charge >= 0.3 is 0 Å². The minimum absolute atomic E-state index is 0.0291. The quantitative estimate of drug-likeness (QED) is 0.409. The summed E-state index contributed by atoms with van der Waals surface area (Å²) in [5, 5.41) is 5.61. The maximum atomic E-state index is 11.7. The summed E-state index contributed by atoms with van der Waals surface area (Å²) in [6.07, 6.45) is 5.27. The molecule has 0 radical (unpaired) electrons. The summed E-state index contributed by atoms with van der Waals surface area (Å²) in [5.74, 6) is -0.0847. The number of carbonyl (C=O) groups is 2. The smallest absolute Gasteiger partial charge is 0.220 e. The van der Waals surface area contributed by atoms with Crippen LogP contribution in [0, 0.1) is 5.41 Å². The lowest BCUT2D eigenvalue weighted by Gasteiger charge is -2.19. The van der Waals surface area contributed by atoms with Crippen LogP contribution in [0.25, 0.3) is 0 Å². The zero-order valence-electron chi connectivity index (χ0n) is 17.4. The molecule has 2 N–H and O–H groups in total. The van der Waals surface area contributed by atoms with Crippen molar-refractivity contribution in [3.63, 3.8) is 0 Å². The molecule has 0 spiro atoms. The molecular formula is C20H38N2O4. The Morgan fingerprint density at radius 2 is 1.50 bits per heavy atom. The van der Waals surface area contributed by atoms with Crippen molar-refractivity contribution in [2.24, 2.45) is 5.41 Å². The zero-order chi connectivity index (χ0) is 20.1. The highest BCUT2D eigenvalue weighted by atomic mass is 16.5. The first-order chi connectivity index (χ1) is 12.0. The van der Waals surface area contributed by atoms with Gasteiger partial charge in [-0.3, -0.25) is 9.59 Å². The van der Waals surface area contributed by atoms with Crippen LogP contribution < -0.4 is 10.6 Å². The third kappa shape index (κ3) is 18.9. The number of rotatable bonds is 12. The summed E-state index contributed by atoms with van der Waals surface area (Å²) in [7, 11) is 0. The number of hydrogen-bond donors (Lipinski definition) is 2. The molecule has 0 saturated carbocycles. The Labute approximate surface area is 159 Å². The first kappa shape index (κ1) is 24.6. The second-order valence-electron chi connectivity index (χ2n) is 8.35. The molecule has 0 unspecified atom stereocenters. The summed E-state index contributed by atoms with van der Waals surface area (Å²) in [6.45, 7) is 14.8. The Balaban J connectivity index is 3.54. The molecule has 0 heterocycles. The molecule has 0 atom stereocenters. The molecule has 0 aliphatic rings. The third-order valence-corrected chi connectivity index (χ3v) is 3.17. The zero-order valence-corrected chi connectivity index (χ0v) is 17.4. The van der Waals surface area contributed by atoms with Crippen LogP contribution in [0.15, 0.2) is 12.2 Å². The summed E-state index contributed by atoms with van der Waals surface area (Å²) in [4.78, 5) is 23.4. The summed E-state index contributed by atoms with van der Waals surface area (Å²) in [5.41, 5.74) is -0.0428.